The smallest absolute Gasteiger partial charge is 0.257 e. The Hall–Kier alpha value is -2.91. The summed E-state index contributed by atoms with van der Waals surface area (Å²) in [6.07, 6.45) is 0. The maximum Gasteiger partial charge on any atom is 0.257 e. The number of hydrogen-bond donors (Lipinski definition) is 2. The number of carbonyl (C=O) groups excluding carboxylic acids is 2. The molecular formula is C18H16N4O3S2. The van der Waals surface area contributed by atoms with Crippen LogP contribution in [-0.4, -0.2) is 34.9 Å². The lowest BCUT2D eigenvalue weighted by atomic mass is 10.2. The molecule has 2 N–H and O–H groups in total. The molecule has 0 bridgehead atoms. The topological polar surface area (TPSA) is 93.2 Å². The molecule has 3 rings (SSSR count). The van der Waals surface area contributed by atoms with Crippen LogP contribution in [0.5, 0.6) is 5.75 Å². The first-order valence-corrected chi connectivity index (χ1v) is 9.71. The molecule has 0 aliphatic carbocycles. The number of methoxy groups -OCH3 is 1. The zero-order valence-corrected chi connectivity index (χ0v) is 16.0. The van der Waals surface area contributed by atoms with E-state index in [-0.39, 0.29) is 17.6 Å². The number of carbonyl (C=O) groups is 2. The van der Waals surface area contributed by atoms with Crippen LogP contribution in [0.2, 0.25) is 0 Å². The molecule has 27 heavy (non-hydrogen) atoms. The molecule has 7 nitrogen and oxygen atoms in total. The number of nitrogens with one attached hydrogen (secondary N) is 2. The van der Waals surface area contributed by atoms with Gasteiger partial charge in [0.15, 0.2) is 4.34 Å². The fourth-order valence-corrected chi connectivity index (χ4v) is 3.62. The third-order valence-electron chi connectivity index (χ3n) is 3.36. The predicted molar refractivity (Wildman–Crippen MR) is 107 cm³/mol. The molecular weight excluding hydrogens is 384 g/mol. The number of amides is 2. The minimum absolute atomic E-state index is 0.134. The van der Waals surface area contributed by atoms with Crippen LogP contribution in [-0.2, 0) is 4.79 Å². The number of nitrogens with zero attached hydrogens (tertiary/aromatic N) is 2. The zero-order valence-electron chi connectivity index (χ0n) is 14.3. The summed E-state index contributed by atoms with van der Waals surface area (Å²) in [5.41, 5.74) is 1.23. The van der Waals surface area contributed by atoms with Crippen LogP contribution in [0.3, 0.4) is 0 Å². The summed E-state index contributed by atoms with van der Waals surface area (Å²) in [7, 11) is 1.57. The lowest BCUT2D eigenvalue weighted by molar-refractivity contribution is -0.113. The predicted octanol–water partition coefficient (Wildman–Crippen LogP) is 3.53. The molecule has 0 atom stereocenters. The number of ether oxygens (including phenoxy) is 1. The number of thioether (sulfide) groups is 1. The summed E-state index contributed by atoms with van der Waals surface area (Å²) < 4.78 is 5.67. The van der Waals surface area contributed by atoms with Gasteiger partial charge >= 0.3 is 0 Å². The molecule has 1 heterocycles. The minimum atomic E-state index is -0.285. The average Bonchev–Trinajstić information content (AvgIpc) is 3.14. The van der Waals surface area contributed by atoms with Gasteiger partial charge in [-0.25, -0.2) is 0 Å². The van der Waals surface area contributed by atoms with Crippen LogP contribution in [0, 0.1) is 0 Å². The first-order valence-electron chi connectivity index (χ1n) is 7.90. The lowest BCUT2D eigenvalue weighted by Gasteiger charge is -2.03. The third-order valence-corrected chi connectivity index (χ3v) is 5.34. The molecule has 9 heteroatoms. The first kappa shape index (κ1) is 18.9. The van der Waals surface area contributed by atoms with Crippen molar-refractivity contribution in [2.75, 3.05) is 23.5 Å². The molecule has 3 aromatic rings. The quantitative estimate of drug-likeness (QED) is 0.466. The second-order valence-corrected chi connectivity index (χ2v) is 7.46. The van der Waals surface area contributed by atoms with Crippen LogP contribution in [0.15, 0.2) is 58.9 Å². The van der Waals surface area contributed by atoms with E-state index >= 15 is 0 Å². The number of para-hydroxylation sites is 1. The van der Waals surface area contributed by atoms with Crippen molar-refractivity contribution in [1.29, 1.82) is 0 Å². The van der Waals surface area contributed by atoms with Crippen LogP contribution >= 0.6 is 23.1 Å². The van der Waals surface area contributed by atoms with Gasteiger partial charge in [0.2, 0.25) is 11.0 Å². The van der Waals surface area contributed by atoms with Gasteiger partial charge in [-0.2, -0.15) is 0 Å². The zero-order chi connectivity index (χ0) is 19.1. The number of hydrogen-bond acceptors (Lipinski definition) is 7. The largest absolute Gasteiger partial charge is 0.497 e. The molecule has 0 unspecified atom stereocenters. The van der Waals surface area contributed by atoms with Gasteiger partial charge in [-0.15, -0.1) is 10.2 Å². The van der Waals surface area contributed by atoms with Crippen molar-refractivity contribution >= 4 is 45.7 Å². The summed E-state index contributed by atoms with van der Waals surface area (Å²) in [4.78, 5) is 24.2. The Morgan fingerprint density at radius 2 is 1.78 bits per heavy atom. The summed E-state index contributed by atoms with van der Waals surface area (Å²) in [5.74, 6) is 0.461. The Bertz CT molecular complexity index is 914. The third kappa shape index (κ3) is 5.53. The van der Waals surface area contributed by atoms with Gasteiger partial charge in [-0.05, 0) is 36.4 Å². The SMILES string of the molecule is COc1ccc(C(=O)Nc2nnc(SCC(=O)Nc3ccccc3)s2)cc1. The fraction of sp³-hybridized carbons (Fsp3) is 0.111. The van der Waals surface area contributed by atoms with E-state index in [1.54, 1.807) is 31.4 Å². The van der Waals surface area contributed by atoms with E-state index in [9.17, 15) is 9.59 Å². The number of aromatic nitrogens is 2. The van der Waals surface area contributed by atoms with E-state index in [2.05, 4.69) is 20.8 Å². The molecule has 0 aliphatic heterocycles. The summed E-state index contributed by atoms with van der Waals surface area (Å²) in [5, 5.41) is 13.8. The minimum Gasteiger partial charge on any atom is -0.497 e. The van der Waals surface area contributed by atoms with E-state index in [0.29, 0.717) is 20.8 Å². The first-order chi connectivity index (χ1) is 13.1. The highest BCUT2D eigenvalue weighted by atomic mass is 32.2. The highest BCUT2D eigenvalue weighted by Gasteiger charge is 2.12. The normalized spacial score (nSPS) is 10.3. The van der Waals surface area contributed by atoms with Gasteiger partial charge in [0.1, 0.15) is 5.75 Å². The monoisotopic (exact) mass is 400 g/mol. The van der Waals surface area contributed by atoms with Crippen molar-refractivity contribution in [3.63, 3.8) is 0 Å². The van der Waals surface area contributed by atoms with Gasteiger partial charge in [-0.1, -0.05) is 41.3 Å². The summed E-state index contributed by atoms with van der Waals surface area (Å²) in [6.45, 7) is 0. The second kappa shape index (κ2) is 9.15. The van der Waals surface area contributed by atoms with Gasteiger partial charge in [0.25, 0.3) is 5.91 Å². The fourth-order valence-electron chi connectivity index (χ4n) is 2.08. The number of rotatable bonds is 7. The molecule has 0 aliphatic rings. The van der Waals surface area contributed by atoms with Crippen molar-refractivity contribution < 1.29 is 14.3 Å². The highest BCUT2D eigenvalue weighted by Crippen LogP contribution is 2.26. The Morgan fingerprint density at radius 1 is 1.04 bits per heavy atom. The summed E-state index contributed by atoms with van der Waals surface area (Å²) in [6, 6.07) is 16.0. The van der Waals surface area contributed by atoms with Gasteiger partial charge in [0, 0.05) is 11.3 Å². The van der Waals surface area contributed by atoms with E-state index in [0.717, 1.165) is 5.69 Å². The van der Waals surface area contributed by atoms with Gasteiger partial charge in [-0.3, -0.25) is 14.9 Å². The molecule has 0 fully saturated rings. The highest BCUT2D eigenvalue weighted by molar-refractivity contribution is 8.01. The van der Waals surface area contributed by atoms with Gasteiger partial charge in [0.05, 0.1) is 12.9 Å². The Kier molecular flexibility index (Phi) is 6.39. The molecule has 0 spiro atoms. The molecule has 2 aromatic carbocycles. The van der Waals surface area contributed by atoms with Gasteiger partial charge < -0.3 is 10.1 Å². The number of benzene rings is 2. The molecule has 0 saturated carbocycles. The van der Waals surface area contributed by atoms with Crippen molar-refractivity contribution in [3.05, 3.63) is 60.2 Å². The molecule has 0 saturated heterocycles. The van der Waals surface area contributed by atoms with Crippen molar-refractivity contribution in [2.45, 2.75) is 4.34 Å². The summed E-state index contributed by atoms with van der Waals surface area (Å²) >= 11 is 2.48. The second-order valence-electron chi connectivity index (χ2n) is 5.26. The maximum atomic E-state index is 12.2. The maximum absolute atomic E-state index is 12.2. The standard InChI is InChI=1S/C18H16N4O3S2/c1-25-14-9-7-12(8-10-14)16(24)20-17-21-22-18(27-17)26-11-15(23)19-13-5-3-2-4-6-13/h2-10H,11H2,1H3,(H,19,23)(H,20,21,24). The molecule has 0 radical (unpaired) electrons. The van der Waals surface area contributed by atoms with E-state index in [1.807, 2.05) is 30.3 Å². The Labute approximate surface area is 164 Å². The van der Waals surface area contributed by atoms with Crippen LogP contribution in [0.1, 0.15) is 10.4 Å². The van der Waals surface area contributed by atoms with Crippen LogP contribution < -0.4 is 15.4 Å². The average molecular weight is 400 g/mol. The Balaban J connectivity index is 1.50. The van der Waals surface area contributed by atoms with E-state index in [1.165, 1.54) is 23.1 Å². The number of anilines is 2. The molecule has 1 aromatic heterocycles. The van der Waals surface area contributed by atoms with Crippen molar-refractivity contribution in [3.8, 4) is 5.75 Å². The van der Waals surface area contributed by atoms with Crippen LogP contribution in [0.25, 0.3) is 0 Å². The van der Waals surface area contributed by atoms with Crippen LogP contribution in [0.4, 0.5) is 10.8 Å². The van der Waals surface area contributed by atoms with Crippen molar-refractivity contribution in [1.82, 2.24) is 10.2 Å². The lowest BCUT2D eigenvalue weighted by Crippen LogP contribution is -2.13. The van der Waals surface area contributed by atoms with E-state index < -0.39 is 0 Å². The molecule has 138 valence electrons. The Morgan fingerprint density at radius 3 is 2.48 bits per heavy atom. The molecule has 2 amide bonds. The van der Waals surface area contributed by atoms with E-state index in [4.69, 9.17) is 4.74 Å². The van der Waals surface area contributed by atoms with Crippen molar-refractivity contribution in [2.24, 2.45) is 0 Å².